The summed E-state index contributed by atoms with van der Waals surface area (Å²) < 4.78 is 134. The Morgan fingerprint density at radius 1 is 0.723 bits per heavy atom. The van der Waals surface area contributed by atoms with Gasteiger partial charge in [0.15, 0.2) is 0 Å². The van der Waals surface area contributed by atoms with E-state index in [0.29, 0.717) is 37.4 Å². The van der Waals surface area contributed by atoms with Crippen LogP contribution in [0.25, 0.3) is 0 Å². The third-order valence-electron chi connectivity index (χ3n) is 11.0. The maximum Gasteiger partial charge on any atom is 0.435 e. The fourth-order valence-corrected chi connectivity index (χ4v) is 8.63. The second kappa shape index (κ2) is 13.3. The number of unbranched alkanes of at least 4 members (excludes halogenated alkanes) is 1. The lowest BCUT2D eigenvalue weighted by atomic mass is 9.54. The van der Waals surface area contributed by atoms with E-state index in [0.717, 1.165) is 55.6 Å². The van der Waals surface area contributed by atoms with E-state index in [1.807, 2.05) is 37.3 Å². The smallest absolute Gasteiger partial charge is 0.435 e. The van der Waals surface area contributed by atoms with E-state index in [-0.39, 0.29) is 24.2 Å². The molecule has 0 saturated heterocycles. The van der Waals surface area contributed by atoms with Crippen LogP contribution in [0.1, 0.15) is 80.9 Å². The van der Waals surface area contributed by atoms with Gasteiger partial charge < -0.3 is 14.2 Å². The van der Waals surface area contributed by atoms with Crippen molar-refractivity contribution in [3.63, 3.8) is 0 Å². The molecule has 3 aliphatic carbocycles. The zero-order chi connectivity index (χ0) is 34.3. The van der Waals surface area contributed by atoms with Crippen molar-refractivity contribution in [1.29, 1.82) is 0 Å². The molecule has 3 aliphatic rings. The van der Waals surface area contributed by atoms with Crippen molar-refractivity contribution >= 4 is 0 Å². The van der Waals surface area contributed by atoms with Crippen LogP contribution < -0.4 is 9.47 Å². The van der Waals surface area contributed by atoms with Crippen LogP contribution in [0.5, 0.6) is 11.5 Å². The molecule has 2 fully saturated rings. The van der Waals surface area contributed by atoms with Crippen LogP contribution >= 0.6 is 0 Å². The zero-order valence-electron chi connectivity index (χ0n) is 26.5. The van der Waals surface area contributed by atoms with Gasteiger partial charge in [0.25, 0.3) is 0 Å². The van der Waals surface area contributed by atoms with E-state index in [4.69, 9.17) is 9.47 Å². The molecule has 47 heavy (non-hydrogen) atoms. The van der Waals surface area contributed by atoms with Gasteiger partial charge in [-0.05, 0) is 123 Å². The number of fused-ring (bicyclic) bond motifs is 5. The number of alkyl halides is 9. The third kappa shape index (κ3) is 6.95. The summed E-state index contributed by atoms with van der Waals surface area (Å²) in [6, 6.07) is 14.1. The molecule has 0 spiro atoms. The lowest BCUT2D eigenvalue weighted by Gasteiger charge is -2.51. The highest BCUT2D eigenvalue weighted by Crippen LogP contribution is 2.64. The maximum atomic E-state index is 13.2. The molecule has 3 nitrogen and oxygen atoms in total. The van der Waals surface area contributed by atoms with Crippen molar-refractivity contribution in [3.8, 4) is 11.5 Å². The van der Waals surface area contributed by atoms with Crippen molar-refractivity contribution in [2.45, 2.75) is 102 Å². The first-order valence-electron chi connectivity index (χ1n) is 16.3. The van der Waals surface area contributed by atoms with Gasteiger partial charge in [-0.2, -0.15) is 39.5 Å². The summed E-state index contributed by atoms with van der Waals surface area (Å²) in [5, 5.41) is 0. The number of benzene rings is 2. The summed E-state index contributed by atoms with van der Waals surface area (Å²) in [7, 11) is 0. The Hall–Kier alpha value is -2.63. The molecule has 2 aromatic rings. The first kappa shape index (κ1) is 35.7. The molecule has 262 valence electrons. The Morgan fingerprint density at radius 2 is 1.34 bits per heavy atom. The predicted octanol–water partition coefficient (Wildman–Crippen LogP) is 10.5. The predicted molar refractivity (Wildman–Crippen MR) is 157 cm³/mol. The van der Waals surface area contributed by atoms with Gasteiger partial charge in [0.05, 0.1) is 0 Å². The molecule has 5 atom stereocenters. The first-order valence-corrected chi connectivity index (χ1v) is 16.3. The molecule has 0 aliphatic heterocycles. The Balaban J connectivity index is 1.13. The lowest BCUT2D eigenvalue weighted by Crippen LogP contribution is -2.67. The van der Waals surface area contributed by atoms with Crippen LogP contribution in [-0.4, -0.2) is 44.0 Å². The number of halogens is 9. The fraction of sp³-hybridized carbons (Fsp3) is 0.657. The Labute approximate surface area is 269 Å². The number of hydrogen-bond acceptors (Lipinski definition) is 3. The number of ether oxygens (including phenoxy) is 3. The average molecular weight is 681 g/mol. The van der Waals surface area contributed by atoms with Gasteiger partial charge in [-0.15, -0.1) is 0 Å². The second-order valence-electron chi connectivity index (χ2n) is 13.6. The van der Waals surface area contributed by atoms with E-state index in [1.54, 1.807) is 0 Å². The number of hydrogen-bond donors (Lipinski definition) is 0. The highest BCUT2D eigenvalue weighted by Gasteiger charge is 2.85. The Bertz CT molecular complexity index is 1320. The fourth-order valence-electron chi connectivity index (χ4n) is 8.63. The molecular weight excluding hydrogens is 639 g/mol. The summed E-state index contributed by atoms with van der Waals surface area (Å²) in [6.07, 6.45) is -14.0. The SMILES string of the molecule is Cc1ccc(OCCOc2ccc3c(c2)CC[C@@H]2[C@@H]3CC[C@]3(C)[C@@H](CCCCOC(C(F)(F)F)(C(F)(F)F)C(F)(F)F)CC[C@@H]23)cc1. The monoisotopic (exact) mass is 680 g/mol. The van der Waals surface area contributed by atoms with Crippen molar-refractivity contribution in [2.24, 2.45) is 23.2 Å². The maximum absolute atomic E-state index is 13.2. The Morgan fingerprint density at radius 3 is 1.98 bits per heavy atom. The highest BCUT2D eigenvalue weighted by molar-refractivity contribution is 5.41. The van der Waals surface area contributed by atoms with Crippen molar-refractivity contribution < 1.29 is 53.7 Å². The summed E-state index contributed by atoms with van der Waals surface area (Å²) in [5.74, 6) is 3.10. The van der Waals surface area contributed by atoms with E-state index in [2.05, 4.69) is 23.8 Å². The van der Waals surface area contributed by atoms with Gasteiger partial charge in [0.1, 0.15) is 24.7 Å². The molecule has 0 radical (unpaired) electrons. The zero-order valence-corrected chi connectivity index (χ0v) is 26.5. The first-order chi connectivity index (χ1) is 22.0. The molecule has 0 N–H and O–H groups in total. The van der Waals surface area contributed by atoms with Gasteiger partial charge in [-0.1, -0.05) is 37.1 Å². The van der Waals surface area contributed by atoms with Crippen LogP contribution in [0, 0.1) is 30.1 Å². The average Bonchev–Trinajstić information content (AvgIpc) is 3.31. The van der Waals surface area contributed by atoms with Gasteiger partial charge in [0.2, 0.25) is 0 Å². The van der Waals surface area contributed by atoms with Crippen LogP contribution in [-0.2, 0) is 11.2 Å². The quantitative estimate of drug-likeness (QED) is 0.175. The molecule has 0 bridgehead atoms. The number of rotatable bonds is 11. The second-order valence-corrected chi connectivity index (χ2v) is 13.6. The molecular formula is C35H41F9O3. The molecule has 0 aromatic heterocycles. The molecule has 2 saturated carbocycles. The van der Waals surface area contributed by atoms with Crippen molar-refractivity contribution in [2.75, 3.05) is 19.8 Å². The topological polar surface area (TPSA) is 27.7 Å². The minimum Gasteiger partial charge on any atom is -0.490 e. The van der Waals surface area contributed by atoms with Crippen molar-refractivity contribution in [3.05, 3.63) is 59.2 Å². The Kier molecular flexibility index (Phi) is 10.1. The van der Waals surface area contributed by atoms with Crippen LogP contribution in [0.3, 0.4) is 0 Å². The normalized spacial score (nSPS) is 26.4. The van der Waals surface area contributed by atoms with Gasteiger partial charge in [0, 0.05) is 6.61 Å². The molecule has 5 rings (SSSR count). The van der Waals surface area contributed by atoms with E-state index >= 15 is 0 Å². The van der Waals surface area contributed by atoms with E-state index < -0.39 is 30.7 Å². The lowest BCUT2D eigenvalue weighted by molar-refractivity contribution is -0.457. The van der Waals surface area contributed by atoms with Crippen LogP contribution in [0.2, 0.25) is 0 Å². The molecule has 12 heteroatoms. The largest absolute Gasteiger partial charge is 0.490 e. The van der Waals surface area contributed by atoms with Crippen LogP contribution in [0.4, 0.5) is 39.5 Å². The molecule has 2 aromatic carbocycles. The third-order valence-corrected chi connectivity index (χ3v) is 11.0. The minimum absolute atomic E-state index is 0.0340. The summed E-state index contributed by atoms with van der Waals surface area (Å²) in [6.45, 7) is 3.80. The van der Waals surface area contributed by atoms with Gasteiger partial charge in [-0.25, -0.2) is 0 Å². The standard InChI is InChI=1S/C35H41F9O3/c1-22-6-10-25(11-7-22)45-19-20-46-26-12-14-27-23(21-26)8-13-29-28(27)16-17-31(2)24(9-15-30(29)31)5-3-4-18-47-32(33(36,37)38,34(39,40)41)35(42,43)44/h6-7,10-12,14,21,24,28-30H,3-5,8-9,13,15-20H2,1-2H3/t24-,28+,29+,30-,31+/m0/s1. The number of aryl methyl sites for hydroxylation is 2. The minimum atomic E-state index is -6.70. The highest BCUT2D eigenvalue weighted by atomic mass is 19.4. The molecule has 0 amide bonds. The van der Waals surface area contributed by atoms with E-state index in [9.17, 15) is 39.5 Å². The summed E-state index contributed by atoms with van der Waals surface area (Å²) in [5.41, 5.74) is -2.44. The van der Waals surface area contributed by atoms with Crippen molar-refractivity contribution in [1.82, 2.24) is 0 Å². The van der Waals surface area contributed by atoms with Gasteiger partial charge >= 0.3 is 24.1 Å². The van der Waals surface area contributed by atoms with E-state index in [1.165, 1.54) is 11.1 Å². The molecule has 0 unspecified atom stereocenters. The summed E-state index contributed by atoms with van der Waals surface area (Å²) in [4.78, 5) is 0. The van der Waals surface area contributed by atoms with Crippen LogP contribution in [0.15, 0.2) is 42.5 Å². The van der Waals surface area contributed by atoms with Gasteiger partial charge in [-0.3, -0.25) is 0 Å². The summed E-state index contributed by atoms with van der Waals surface area (Å²) >= 11 is 0. The molecule has 0 heterocycles.